The van der Waals surface area contributed by atoms with Gasteiger partial charge in [0.05, 0.1) is 26.3 Å². The SMILES string of the molecule is COC(=O)N[C@H](C(=O)N1[C@@H]2C[C@@H]2C[C@H]1c1nc(-c2ccc(-c3ccc4cc(C5=CN=C([C@@H]6C[C@H]7C[C@H]7N6C(=O)[C@@H](NC(=O)OC)C6CCOCC6)C5)ccc4c3)cc2)c(Cl)[nH]1)C(C)C. The van der Waals surface area contributed by atoms with Crippen molar-refractivity contribution in [1.29, 1.82) is 0 Å². The van der Waals surface area contributed by atoms with Gasteiger partial charge >= 0.3 is 12.2 Å². The van der Waals surface area contributed by atoms with Crippen LogP contribution in [0.2, 0.25) is 5.15 Å². The van der Waals surface area contributed by atoms with Gasteiger partial charge < -0.3 is 39.6 Å². The van der Waals surface area contributed by atoms with Crippen LogP contribution in [0.3, 0.4) is 0 Å². The van der Waals surface area contributed by atoms with E-state index in [1.807, 2.05) is 42.0 Å². The Labute approximate surface area is 377 Å². The highest BCUT2D eigenvalue weighted by atomic mass is 35.5. The van der Waals surface area contributed by atoms with E-state index >= 15 is 0 Å². The highest BCUT2D eigenvalue weighted by molar-refractivity contribution is 6.32. The van der Waals surface area contributed by atoms with Gasteiger partial charge in [-0.15, -0.1) is 0 Å². The summed E-state index contributed by atoms with van der Waals surface area (Å²) in [7, 11) is 2.62. The lowest BCUT2D eigenvalue weighted by molar-refractivity contribution is -0.137. The lowest BCUT2D eigenvalue weighted by Gasteiger charge is -2.36. The number of hydrogen-bond acceptors (Lipinski definition) is 9. The number of allylic oxidation sites excluding steroid dienone is 1. The number of H-pyrrole nitrogens is 1. The van der Waals surface area contributed by atoms with Crippen LogP contribution in [0.25, 0.3) is 38.7 Å². The lowest BCUT2D eigenvalue weighted by atomic mass is 9.90. The molecule has 8 atom stereocenters. The third-order valence-corrected chi connectivity index (χ3v) is 14.7. The van der Waals surface area contributed by atoms with E-state index in [4.69, 9.17) is 35.8 Å². The average molecular weight is 888 g/mol. The number of alkyl carbamates (subject to hydrolysis) is 2. The Morgan fingerprint density at radius 3 is 2.03 bits per heavy atom. The van der Waals surface area contributed by atoms with Crippen molar-refractivity contribution in [2.45, 2.75) is 95.0 Å². The number of rotatable bonds is 11. The normalized spacial score (nSPS) is 25.6. The number of likely N-dealkylation sites (tertiary alicyclic amines) is 2. The molecule has 3 N–H and O–H groups in total. The van der Waals surface area contributed by atoms with E-state index in [9.17, 15) is 19.2 Å². The van der Waals surface area contributed by atoms with Gasteiger partial charge in [-0.3, -0.25) is 14.6 Å². The van der Waals surface area contributed by atoms with E-state index in [-0.39, 0.29) is 47.8 Å². The van der Waals surface area contributed by atoms with E-state index in [0.717, 1.165) is 70.0 Å². The molecule has 3 aromatic carbocycles. The minimum atomic E-state index is -0.712. The molecule has 0 unspecified atom stereocenters. The monoisotopic (exact) mass is 887 g/mol. The molecule has 5 fully saturated rings. The molecule has 0 bridgehead atoms. The fourth-order valence-electron chi connectivity index (χ4n) is 10.7. The van der Waals surface area contributed by atoms with Crippen LogP contribution in [0.15, 0.2) is 71.9 Å². The second kappa shape index (κ2) is 17.0. The number of carbonyl (C=O) groups is 4. The molecule has 15 heteroatoms. The fraction of sp³-hybridized carbons (Fsp3) is 0.469. The van der Waals surface area contributed by atoms with E-state index in [1.165, 1.54) is 14.2 Å². The summed E-state index contributed by atoms with van der Waals surface area (Å²) in [5, 5.41) is 8.26. The number of aromatic nitrogens is 2. The van der Waals surface area contributed by atoms with Crippen molar-refractivity contribution in [3.63, 3.8) is 0 Å². The van der Waals surface area contributed by atoms with E-state index in [0.29, 0.717) is 61.0 Å². The Morgan fingerprint density at radius 1 is 0.766 bits per heavy atom. The maximum Gasteiger partial charge on any atom is 0.407 e. The zero-order valence-corrected chi connectivity index (χ0v) is 37.3. The smallest absolute Gasteiger partial charge is 0.407 e. The lowest BCUT2D eigenvalue weighted by Crippen LogP contribution is -2.56. The largest absolute Gasteiger partial charge is 0.453 e. The molecule has 1 aromatic heterocycles. The van der Waals surface area contributed by atoms with Gasteiger partial charge in [0, 0.05) is 49.2 Å². The minimum Gasteiger partial charge on any atom is -0.453 e. The van der Waals surface area contributed by atoms with Crippen molar-refractivity contribution in [3.8, 4) is 22.4 Å². The fourth-order valence-corrected chi connectivity index (χ4v) is 11.0. The zero-order chi connectivity index (χ0) is 44.4. The number of carbonyl (C=O) groups excluding carboxylic acids is 4. The highest BCUT2D eigenvalue weighted by Gasteiger charge is 2.58. The summed E-state index contributed by atoms with van der Waals surface area (Å²) >= 11 is 6.80. The Bertz CT molecular complexity index is 2570. The molecule has 6 aliphatic rings. The summed E-state index contributed by atoms with van der Waals surface area (Å²) < 4.78 is 15.3. The number of methoxy groups -OCH3 is 2. The molecule has 14 nitrogen and oxygen atoms in total. The third kappa shape index (κ3) is 7.93. The second-order valence-corrected chi connectivity index (χ2v) is 19.0. The van der Waals surface area contributed by atoms with Crippen LogP contribution in [0.1, 0.15) is 76.2 Å². The molecule has 64 heavy (non-hydrogen) atoms. The van der Waals surface area contributed by atoms with Crippen molar-refractivity contribution in [2.75, 3.05) is 27.4 Å². The van der Waals surface area contributed by atoms with Crippen LogP contribution < -0.4 is 10.6 Å². The molecule has 334 valence electrons. The predicted octanol–water partition coefficient (Wildman–Crippen LogP) is 7.92. The van der Waals surface area contributed by atoms with Crippen molar-refractivity contribution in [3.05, 3.63) is 83.4 Å². The third-order valence-electron chi connectivity index (χ3n) is 14.4. The quantitative estimate of drug-likeness (QED) is 0.137. The number of nitrogens with zero attached hydrogens (tertiary/aromatic N) is 4. The number of piperidine rings is 2. The van der Waals surface area contributed by atoms with Crippen LogP contribution >= 0.6 is 11.6 Å². The van der Waals surface area contributed by atoms with E-state index in [2.05, 4.69) is 64.1 Å². The van der Waals surface area contributed by atoms with Gasteiger partial charge in [0.2, 0.25) is 11.8 Å². The molecule has 2 saturated carbocycles. The summed E-state index contributed by atoms with van der Waals surface area (Å²) in [5.74, 6) is 1.21. The molecule has 0 radical (unpaired) electrons. The molecule has 4 aliphatic heterocycles. The maximum atomic E-state index is 14.3. The van der Waals surface area contributed by atoms with Crippen LogP contribution in [-0.2, 0) is 23.8 Å². The Balaban J connectivity index is 0.806. The van der Waals surface area contributed by atoms with Crippen molar-refractivity contribution < 1.29 is 33.4 Å². The molecular formula is C49H54ClN7O7. The Hall–Kier alpha value is -5.73. The van der Waals surface area contributed by atoms with Gasteiger partial charge in [0.1, 0.15) is 28.8 Å². The number of nitrogens with one attached hydrogen (secondary N) is 3. The number of fused-ring (bicyclic) bond motifs is 3. The maximum absolute atomic E-state index is 14.3. The summed E-state index contributed by atoms with van der Waals surface area (Å²) in [6, 6.07) is 19.8. The number of aliphatic imine (C=N–C) groups is 1. The molecule has 0 spiro atoms. The van der Waals surface area contributed by atoms with Crippen LogP contribution in [0.4, 0.5) is 9.59 Å². The molecular weight excluding hydrogens is 834 g/mol. The topological polar surface area (TPSA) is 168 Å². The van der Waals surface area contributed by atoms with Gasteiger partial charge in [0.15, 0.2) is 0 Å². The number of benzene rings is 3. The van der Waals surface area contributed by atoms with Gasteiger partial charge in [-0.05, 0) is 107 Å². The minimum absolute atomic E-state index is 0.00568. The van der Waals surface area contributed by atoms with Crippen molar-refractivity contribution >= 4 is 57.7 Å². The molecule has 4 aromatic rings. The summed E-state index contributed by atoms with van der Waals surface area (Å²) in [6.07, 6.45) is 6.46. The second-order valence-electron chi connectivity index (χ2n) is 18.6. The highest BCUT2D eigenvalue weighted by Crippen LogP contribution is 2.54. The van der Waals surface area contributed by atoms with Crippen LogP contribution in [0, 0.1) is 23.7 Å². The van der Waals surface area contributed by atoms with Crippen LogP contribution in [0.5, 0.6) is 0 Å². The zero-order valence-electron chi connectivity index (χ0n) is 36.5. The number of imidazole rings is 1. The van der Waals surface area contributed by atoms with Gasteiger partial charge in [-0.2, -0.15) is 0 Å². The Morgan fingerprint density at radius 2 is 1.36 bits per heavy atom. The van der Waals surface area contributed by atoms with Gasteiger partial charge in [0.25, 0.3) is 0 Å². The first-order chi connectivity index (χ1) is 31.0. The Kier molecular flexibility index (Phi) is 11.2. The van der Waals surface area contributed by atoms with E-state index in [1.54, 1.807) is 0 Å². The first-order valence-electron chi connectivity index (χ1n) is 22.6. The van der Waals surface area contributed by atoms with E-state index < -0.39 is 24.3 Å². The number of hydrogen-bond donors (Lipinski definition) is 3. The number of aromatic amines is 1. The van der Waals surface area contributed by atoms with Gasteiger partial charge in [-0.1, -0.05) is 74.0 Å². The molecule has 4 amide bonds. The number of amides is 4. The average Bonchev–Trinajstić information content (AvgIpc) is 3.96. The molecule has 10 rings (SSSR count). The first-order valence-corrected chi connectivity index (χ1v) is 22.9. The van der Waals surface area contributed by atoms with Crippen LogP contribution in [-0.4, -0.2) is 107 Å². The number of halogens is 1. The first kappa shape index (κ1) is 42.2. The summed E-state index contributed by atoms with van der Waals surface area (Å²) in [6.45, 7) is 4.97. The standard InChI is InChI=1S/C49H54ClN7O7/c1-25(2)41(53-48(60)62-3)46(58)57-38-21-34(38)23-40(57)45-52-42(44(50)55-45)27-7-5-26(6-8-27)29-9-10-31-18-32(12-11-30(31)17-29)35-19-36(51-24-35)39-22-33-20-37(33)56(39)47(59)43(54-49(61)63-4)28-13-15-64-16-14-28/h5-12,17-18,24-25,28,33-34,37-41,43H,13-16,19-23H2,1-4H3,(H,52,55)(H,53,60)(H,54,61)/t33-,34-,37-,38-,39+,40+,41+,43+/m1/s1. The predicted molar refractivity (Wildman–Crippen MR) is 242 cm³/mol. The summed E-state index contributed by atoms with van der Waals surface area (Å²) in [5.41, 5.74) is 6.85. The van der Waals surface area contributed by atoms with Crippen molar-refractivity contribution in [1.82, 2.24) is 30.4 Å². The van der Waals surface area contributed by atoms with Crippen molar-refractivity contribution in [2.24, 2.45) is 28.7 Å². The van der Waals surface area contributed by atoms with Gasteiger partial charge in [-0.25, -0.2) is 14.6 Å². The molecule has 3 saturated heterocycles. The molecule has 5 heterocycles. The summed E-state index contributed by atoms with van der Waals surface area (Å²) in [4.78, 5) is 69.7. The molecule has 2 aliphatic carbocycles. The number of ether oxygens (including phenoxy) is 3.